The van der Waals surface area contributed by atoms with Crippen LogP contribution in [0.15, 0.2) is 16.3 Å². The summed E-state index contributed by atoms with van der Waals surface area (Å²) in [5.74, 6) is 0. The fraction of sp³-hybridized carbons (Fsp3) is 0.750. The maximum atomic E-state index is 5.44. The first-order valence-electron chi connectivity index (χ1n) is 5.36. The molecule has 0 bridgehead atoms. The lowest BCUT2D eigenvalue weighted by molar-refractivity contribution is 0.0881. The summed E-state index contributed by atoms with van der Waals surface area (Å²) in [4.78, 5) is 4.67. The highest BCUT2D eigenvalue weighted by Crippen LogP contribution is 2.44. The number of aliphatic imine (C=N–C) groups is 1. The van der Waals surface area contributed by atoms with Crippen LogP contribution in [0, 0.1) is 5.41 Å². The van der Waals surface area contributed by atoms with Gasteiger partial charge in [0.15, 0.2) is 0 Å². The van der Waals surface area contributed by atoms with E-state index in [-0.39, 0.29) is 5.41 Å². The van der Waals surface area contributed by atoms with E-state index in [9.17, 15) is 0 Å². The number of hydrogen-bond acceptors (Lipinski definition) is 2. The largest absolute Gasteiger partial charge is 0.381 e. The van der Waals surface area contributed by atoms with Crippen LogP contribution in [0.25, 0.3) is 0 Å². The van der Waals surface area contributed by atoms with Crippen molar-refractivity contribution in [2.45, 2.75) is 46.1 Å². The van der Waals surface area contributed by atoms with Crippen molar-refractivity contribution in [1.82, 2.24) is 0 Å². The molecule has 0 saturated carbocycles. The highest BCUT2D eigenvalue weighted by atomic mass is 16.5. The molecule has 1 aliphatic heterocycles. The minimum absolute atomic E-state index is 0.173. The molecule has 0 N–H and O–H groups in total. The van der Waals surface area contributed by atoms with Gasteiger partial charge in [-0.25, -0.2) is 0 Å². The van der Waals surface area contributed by atoms with Gasteiger partial charge in [0.1, 0.15) is 0 Å². The predicted molar refractivity (Wildman–Crippen MR) is 58.6 cm³/mol. The van der Waals surface area contributed by atoms with Crippen molar-refractivity contribution in [3.8, 4) is 0 Å². The molecule has 0 aromatic heterocycles. The van der Waals surface area contributed by atoms with Gasteiger partial charge < -0.3 is 4.74 Å². The van der Waals surface area contributed by atoms with E-state index in [1.165, 1.54) is 17.0 Å². The molecule has 2 aliphatic rings. The zero-order valence-corrected chi connectivity index (χ0v) is 9.55. The van der Waals surface area contributed by atoms with Crippen LogP contribution in [0.5, 0.6) is 0 Å². The third-order valence-electron chi connectivity index (χ3n) is 3.78. The zero-order valence-electron chi connectivity index (χ0n) is 9.55. The molecule has 0 aromatic carbocycles. The second-order valence-corrected chi connectivity index (χ2v) is 4.85. The molecule has 0 fully saturated rings. The molecule has 78 valence electrons. The molecule has 0 saturated heterocycles. The van der Waals surface area contributed by atoms with Crippen LogP contribution >= 0.6 is 0 Å². The number of ether oxygens (including phenoxy) is 1. The molecule has 14 heavy (non-hydrogen) atoms. The normalized spacial score (nSPS) is 30.3. The molecular formula is C12H19NO. The molecule has 0 spiro atoms. The average molecular weight is 193 g/mol. The average Bonchev–Trinajstić information content (AvgIpc) is 2.38. The van der Waals surface area contributed by atoms with Gasteiger partial charge in [-0.15, -0.1) is 0 Å². The van der Waals surface area contributed by atoms with Crippen molar-refractivity contribution < 1.29 is 4.74 Å². The molecule has 1 aliphatic carbocycles. The lowest BCUT2D eigenvalue weighted by atomic mass is 9.76. The highest BCUT2D eigenvalue weighted by Gasteiger charge is 2.37. The van der Waals surface area contributed by atoms with Crippen molar-refractivity contribution in [1.29, 1.82) is 0 Å². The van der Waals surface area contributed by atoms with Crippen LogP contribution < -0.4 is 0 Å². The van der Waals surface area contributed by atoms with Gasteiger partial charge in [-0.1, -0.05) is 13.8 Å². The quantitative estimate of drug-likeness (QED) is 0.627. The standard InChI is InChI=1S/C12H19NO/c1-8-12(2,3)10-7-9(14-4)5-6-11(10)13-8/h9H,5-7H2,1-4H3. The van der Waals surface area contributed by atoms with Crippen molar-refractivity contribution in [3.63, 3.8) is 0 Å². The van der Waals surface area contributed by atoms with Crippen LogP contribution in [-0.4, -0.2) is 18.9 Å². The maximum absolute atomic E-state index is 5.44. The summed E-state index contributed by atoms with van der Waals surface area (Å²) in [6.07, 6.45) is 3.70. The Balaban J connectivity index is 2.28. The van der Waals surface area contributed by atoms with E-state index in [2.05, 4.69) is 25.8 Å². The third-order valence-corrected chi connectivity index (χ3v) is 3.78. The van der Waals surface area contributed by atoms with Gasteiger partial charge in [0, 0.05) is 23.9 Å². The molecule has 0 amide bonds. The molecule has 2 nitrogen and oxygen atoms in total. The summed E-state index contributed by atoms with van der Waals surface area (Å²) in [5, 5.41) is 0. The molecule has 1 unspecified atom stereocenters. The fourth-order valence-corrected chi connectivity index (χ4v) is 2.40. The number of methoxy groups -OCH3 is 1. The van der Waals surface area contributed by atoms with Gasteiger partial charge in [-0.2, -0.15) is 0 Å². The lowest BCUT2D eigenvalue weighted by Crippen LogP contribution is -2.26. The van der Waals surface area contributed by atoms with Crippen molar-refractivity contribution in [2.75, 3.05) is 7.11 Å². The second-order valence-electron chi connectivity index (χ2n) is 4.85. The number of hydrogen-bond donors (Lipinski definition) is 0. The Labute approximate surface area is 86.1 Å². The predicted octanol–water partition coefficient (Wildman–Crippen LogP) is 2.94. The molecule has 1 atom stereocenters. The minimum atomic E-state index is 0.173. The summed E-state index contributed by atoms with van der Waals surface area (Å²) in [7, 11) is 1.81. The third kappa shape index (κ3) is 1.33. The van der Waals surface area contributed by atoms with E-state index in [0.717, 1.165) is 19.3 Å². The van der Waals surface area contributed by atoms with E-state index in [1.807, 2.05) is 7.11 Å². The Morgan fingerprint density at radius 3 is 2.79 bits per heavy atom. The topological polar surface area (TPSA) is 21.6 Å². The van der Waals surface area contributed by atoms with Crippen molar-refractivity contribution >= 4 is 5.71 Å². The molecule has 2 heteroatoms. The summed E-state index contributed by atoms with van der Waals surface area (Å²) in [5.41, 5.74) is 4.28. The minimum Gasteiger partial charge on any atom is -0.381 e. The molecule has 1 heterocycles. The second kappa shape index (κ2) is 3.20. The number of rotatable bonds is 1. The Morgan fingerprint density at radius 1 is 1.43 bits per heavy atom. The first-order valence-corrected chi connectivity index (χ1v) is 5.36. The summed E-state index contributed by atoms with van der Waals surface area (Å²) in [6, 6.07) is 0. The van der Waals surface area contributed by atoms with E-state index in [1.54, 1.807) is 0 Å². The monoisotopic (exact) mass is 193 g/mol. The van der Waals surface area contributed by atoms with Gasteiger partial charge in [-0.3, -0.25) is 4.99 Å². The lowest BCUT2D eigenvalue weighted by Gasteiger charge is -2.29. The van der Waals surface area contributed by atoms with Gasteiger partial charge in [0.2, 0.25) is 0 Å². The zero-order chi connectivity index (χ0) is 10.3. The van der Waals surface area contributed by atoms with E-state index in [4.69, 9.17) is 4.74 Å². The molecule has 0 radical (unpaired) electrons. The van der Waals surface area contributed by atoms with Gasteiger partial charge >= 0.3 is 0 Å². The van der Waals surface area contributed by atoms with Crippen LogP contribution in [0.2, 0.25) is 0 Å². The molecule has 0 aromatic rings. The van der Waals surface area contributed by atoms with Crippen LogP contribution in [0.1, 0.15) is 40.0 Å². The van der Waals surface area contributed by atoms with Crippen LogP contribution in [0.3, 0.4) is 0 Å². The first kappa shape index (κ1) is 9.91. The van der Waals surface area contributed by atoms with Crippen LogP contribution in [0.4, 0.5) is 0 Å². The number of nitrogens with zero attached hydrogens (tertiary/aromatic N) is 1. The summed E-state index contributed by atoms with van der Waals surface area (Å²) in [6.45, 7) is 6.68. The molecular weight excluding hydrogens is 174 g/mol. The van der Waals surface area contributed by atoms with E-state index < -0.39 is 0 Å². The van der Waals surface area contributed by atoms with Gasteiger partial charge in [-0.05, 0) is 31.8 Å². The maximum Gasteiger partial charge on any atom is 0.0613 e. The summed E-state index contributed by atoms with van der Waals surface area (Å²) >= 11 is 0. The Hall–Kier alpha value is -0.630. The van der Waals surface area contributed by atoms with Gasteiger partial charge in [0.25, 0.3) is 0 Å². The van der Waals surface area contributed by atoms with Gasteiger partial charge in [0.05, 0.1) is 6.10 Å². The van der Waals surface area contributed by atoms with Crippen molar-refractivity contribution in [2.24, 2.45) is 10.4 Å². The SMILES string of the molecule is COC1CCC2=C(C1)C(C)(C)C(C)=N2. The Bertz CT molecular complexity index is 312. The molecule has 2 rings (SSSR count). The van der Waals surface area contributed by atoms with Crippen LogP contribution in [-0.2, 0) is 4.74 Å². The first-order chi connectivity index (χ1) is 6.55. The van der Waals surface area contributed by atoms with Crippen molar-refractivity contribution in [3.05, 3.63) is 11.3 Å². The van der Waals surface area contributed by atoms with E-state index in [0.29, 0.717) is 6.10 Å². The smallest absolute Gasteiger partial charge is 0.0613 e. The fourth-order valence-electron chi connectivity index (χ4n) is 2.40. The summed E-state index contributed by atoms with van der Waals surface area (Å²) < 4.78 is 5.44. The van der Waals surface area contributed by atoms with E-state index >= 15 is 0 Å². The Morgan fingerprint density at radius 2 is 2.14 bits per heavy atom. The highest BCUT2D eigenvalue weighted by molar-refractivity contribution is 5.93. The Kier molecular flexibility index (Phi) is 2.26. The number of allylic oxidation sites excluding steroid dienone is 1.